The van der Waals surface area contributed by atoms with E-state index in [9.17, 15) is 9.59 Å². The van der Waals surface area contributed by atoms with E-state index in [1.807, 2.05) is 18.2 Å². The summed E-state index contributed by atoms with van der Waals surface area (Å²) in [5, 5.41) is 1.06. The van der Waals surface area contributed by atoms with Crippen molar-refractivity contribution in [2.75, 3.05) is 27.2 Å². The first-order valence-corrected chi connectivity index (χ1v) is 9.76. The Hall–Kier alpha value is -2.63. The van der Waals surface area contributed by atoms with Crippen LogP contribution in [0.4, 0.5) is 0 Å². The van der Waals surface area contributed by atoms with Gasteiger partial charge in [0.15, 0.2) is 5.43 Å². The molecule has 1 atom stereocenters. The summed E-state index contributed by atoms with van der Waals surface area (Å²) in [6.45, 7) is 1.47. The highest BCUT2D eigenvalue weighted by Crippen LogP contribution is 2.38. The van der Waals surface area contributed by atoms with E-state index in [0.717, 1.165) is 18.5 Å². The zero-order valence-corrected chi connectivity index (χ0v) is 16.6. The number of benzene rings is 2. The maximum Gasteiger partial charge on any atom is 0.290 e. The summed E-state index contributed by atoms with van der Waals surface area (Å²) >= 11 is 6.21. The van der Waals surface area contributed by atoms with E-state index in [1.165, 1.54) is 4.90 Å². The Bertz CT molecular complexity index is 1110. The summed E-state index contributed by atoms with van der Waals surface area (Å²) in [7, 11) is 4.15. The minimum Gasteiger partial charge on any atom is -0.450 e. The van der Waals surface area contributed by atoms with E-state index in [2.05, 4.69) is 14.1 Å². The molecule has 0 saturated heterocycles. The second-order valence-corrected chi connectivity index (χ2v) is 7.87. The predicted molar refractivity (Wildman–Crippen MR) is 109 cm³/mol. The summed E-state index contributed by atoms with van der Waals surface area (Å²) in [6, 6.07) is 13.9. The van der Waals surface area contributed by atoms with Gasteiger partial charge >= 0.3 is 0 Å². The van der Waals surface area contributed by atoms with Gasteiger partial charge in [-0.2, -0.15) is 0 Å². The molecule has 4 rings (SSSR count). The monoisotopic (exact) mass is 397 g/mol. The van der Waals surface area contributed by atoms with Gasteiger partial charge in [-0.05, 0) is 29.8 Å². The molecule has 1 N–H and O–H groups in total. The maximum atomic E-state index is 13.3. The Morgan fingerprint density at radius 2 is 1.89 bits per heavy atom. The van der Waals surface area contributed by atoms with Crippen LogP contribution in [0.2, 0.25) is 5.02 Å². The van der Waals surface area contributed by atoms with Gasteiger partial charge in [-0.1, -0.05) is 35.9 Å². The second kappa shape index (κ2) is 7.41. The van der Waals surface area contributed by atoms with E-state index in [-0.39, 0.29) is 17.1 Å². The number of para-hydroxylation sites is 1. The first-order chi connectivity index (χ1) is 13.5. The van der Waals surface area contributed by atoms with Crippen molar-refractivity contribution in [3.63, 3.8) is 0 Å². The highest BCUT2D eigenvalue weighted by atomic mass is 35.5. The summed E-state index contributed by atoms with van der Waals surface area (Å²) in [6.07, 6.45) is 0.826. The van der Waals surface area contributed by atoms with Gasteiger partial charge in [-0.3, -0.25) is 9.59 Å². The quantitative estimate of drug-likeness (QED) is 0.719. The molecule has 0 radical (unpaired) electrons. The van der Waals surface area contributed by atoms with Crippen molar-refractivity contribution in [1.29, 1.82) is 0 Å². The van der Waals surface area contributed by atoms with Crippen LogP contribution in [-0.2, 0) is 0 Å². The molecule has 0 unspecified atom stereocenters. The Morgan fingerprint density at radius 1 is 1.11 bits per heavy atom. The lowest BCUT2D eigenvalue weighted by Gasteiger charge is -2.25. The first-order valence-electron chi connectivity index (χ1n) is 9.38. The number of amides is 1. The standard InChI is InChI=1S/C22H21ClN2O3/c1-24(2)11-6-12-25-19(14-7-5-8-15(23)13-14)18-20(26)16-9-3-4-10-17(16)28-21(18)22(25)27/h3-5,7-10,13,19H,6,11-12H2,1-2H3/p+1/t19-/m1/s1. The molecule has 0 bridgehead atoms. The Labute approximate surface area is 168 Å². The van der Waals surface area contributed by atoms with Crippen LogP contribution in [0.5, 0.6) is 0 Å². The lowest BCUT2D eigenvalue weighted by Crippen LogP contribution is -3.05. The number of nitrogens with zero attached hydrogens (tertiary/aromatic N) is 1. The predicted octanol–water partition coefficient (Wildman–Crippen LogP) is 2.53. The van der Waals surface area contributed by atoms with Crippen molar-refractivity contribution in [3.05, 3.63) is 80.7 Å². The lowest BCUT2D eigenvalue weighted by molar-refractivity contribution is -0.858. The van der Waals surface area contributed by atoms with Gasteiger partial charge in [0.25, 0.3) is 5.91 Å². The van der Waals surface area contributed by atoms with Crippen LogP contribution in [0.3, 0.4) is 0 Å². The molecule has 0 saturated carbocycles. The Balaban J connectivity index is 1.88. The normalized spacial score (nSPS) is 16.2. The SMILES string of the molecule is C[NH+](C)CCCN1C(=O)c2oc3ccccc3c(=O)c2[C@H]1c1cccc(Cl)c1. The molecule has 1 amide bonds. The fourth-order valence-electron chi connectivity index (χ4n) is 3.82. The lowest BCUT2D eigenvalue weighted by atomic mass is 9.98. The fourth-order valence-corrected chi connectivity index (χ4v) is 4.02. The molecule has 1 aliphatic rings. The third kappa shape index (κ3) is 3.21. The number of carbonyl (C=O) groups excluding carboxylic acids is 1. The van der Waals surface area contributed by atoms with Crippen molar-refractivity contribution >= 4 is 28.5 Å². The van der Waals surface area contributed by atoms with Crippen molar-refractivity contribution in [1.82, 2.24) is 4.90 Å². The van der Waals surface area contributed by atoms with E-state index < -0.39 is 6.04 Å². The largest absolute Gasteiger partial charge is 0.450 e. The fraction of sp³-hybridized carbons (Fsp3) is 0.273. The molecule has 0 aliphatic carbocycles. The smallest absolute Gasteiger partial charge is 0.290 e. The van der Waals surface area contributed by atoms with Crippen LogP contribution in [0.15, 0.2) is 57.7 Å². The summed E-state index contributed by atoms with van der Waals surface area (Å²) in [4.78, 5) is 29.5. The van der Waals surface area contributed by atoms with E-state index in [4.69, 9.17) is 16.0 Å². The number of halogens is 1. The summed E-state index contributed by atoms with van der Waals surface area (Å²) < 4.78 is 5.91. The number of nitrogens with one attached hydrogen (secondary N) is 1. The molecular weight excluding hydrogens is 376 g/mol. The molecule has 2 aromatic carbocycles. The average molecular weight is 398 g/mol. The van der Waals surface area contributed by atoms with Gasteiger partial charge < -0.3 is 14.2 Å². The van der Waals surface area contributed by atoms with Gasteiger partial charge in [0.05, 0.1) is 37.6 Å². The van der Waals surface area contributed by atoms with Crippen LogP contribution in [0.1, 0.15) is 34.1 Å². The van der Waals surface area contributed by atoms with Crippen LogP contribution in [0, 0.1) is 0 Å². The molecule has 0 spiro atoms. The minimum absolute atomic E-state index is 0.144. The number of quaternary nitrogens is 1. The molecule has 1 aliphatic heterocycles. The molecule has 0 fully saturated rings. The van der Waals surface area contributed by atoms with Gasteiger partial charge in [-0.25, -0.2) is 0 Å². The molecular formula is C22H22ClN2O3+. The topological polar surface area (TPSA) is 55.0 Å². The van der Waals surface area contributed by atoms with Crippen molar-refractivity contribution in [2.24, 2.45) is 0 Å². The van der Waals surface area contributed by atoms with Gasteiger partial charge in [-0.15, -0.1) is 0 Å². The van der Waals surface area contributed by atoms with Crippen molar-refractivity contribution in [2.45, 2.75) is 12.5 Å². The van der Waals surface area contributed by atoms with Crippen LogP contribution >= 0.6 is 11.6 Å². The van der Waals surface area contributed by atoms with Crippen molar-refractivity contribution in [3.8, 4) is 0 Å². The third-order valence-electron chi connectivity index (χ3n) is 5.11. The van der Waals surface area contributed by atoms with Crippen LogP contribution in [-0.4, -0.2) is 38.0 Å². The first kappa shape index (κ1) is 18.7. The number of hydrogen-bond donors (Lipinski definition) is 1. The van der Waals surface area contributed by atoms with E-state index >= 15 is 0 Å². The second-order valence-electron chi connectivity index (χ2n) is 7.44. The number of carbonyl (C=O) groups is 1. The molecule has 2 heterocycles. The molecule has 5 nitrogen and oxygen atoms in total. The summed E-state index contributed by atoms with van der Waals surface area (Å²) in [5.41, 5.74) is 1.50. The highest BCUT2D eigenvalue weighted by Gasteiger charge is 2.42. The molecule has 3 aromatic rings. The number of fused-ring (bicyclic) bond motifs is 2. The zero-order chi connectivity index (χ0) is 19.8. The van der Waals surface area contributed by atoms with Gasteiger partial charge in [0.1, 0.15) is 5.58 Å². The van der Waals surface area contributed by atoms with Gasteiger partial charge in [0, 0.05) is 18.0 Å². The Morgan fingerprint density at radius 3 is 2.64 bits per heavy atom. The van der Waals surface area contributed by atoms with Gasteiger partial charge in [0.2, 0.25) is 5.76 Å². The third-order valence-corrected chi connectivity index (χ3v) is 5.35. The maximum absolute atomic E-state index is 13.3. The molecule has 144 valence electrons. The molecule has 6 heteroatoms. The number of hydrogen-bond acceptors (Lipinski definition) is 3. The average Bonchev–Trinajstić information content (AvgIpc) is 2.94. The van der Waals surface area contributed by atoms with Crippen molar-refractivity contribution < 1.29 is 14.1 Å². The van der Waals surface area contributed by atoms with E-state index in [0.29, 0.717) is 28.1 Å². The van der Waals surface area contributed by atoms with Crippen LogP contribution in [0.25, 0.3) is 11.0 Å². The molecule has 28 heavy (non-hydrogen) atoms. The molecule has 1 aromatic heterocycles. The van der Waals surface area contributed by atoms with Crippen LogP contribution < -0.4 is 10.3 Å². The van der Waals surface area contributed by atoms with E-state index in [1.54, 1.807) is 35.2 Å². The number of rotatable bonds is 5. The summed E-state index contributed by atoms with van der Waals surface area (Å²) in [5.74, 6) is -0.0949. The Kier molecular flexibility index (Phi) is 4.96. The highest BCUT2D eigenvalue weighted by molar-refractivity contribution is 6.30. The minimum atomic E-state index is -0.487. The zero-order valence-electron chi connectivity index (χ0n) is 15.9.